The molecule has 2 rings (SSSR count). The maximum Gasteiger partial charge on any atom is 0.228 e. The second-order valence-corrected chi connectivity index (χ2v) is 3.75. The van der Waals surface area contributed by atoms with E-state index in [9.17, 15) is 0 Å². The van der Waals surface area contributed by atoms with Gasteiger partial charge in [-0.2, -0.15) is 4.98 Å². The van der Waals surface area contributed by atoms with Gasteiger partial charge in [-0.15, -0.1) is 0 Å². The minimum Gasteiger partial charge on any atom is -0.339 e. The second kappa shape index (κ2) is 4.90. The molecule has 84 valence electrons. The Hall–Kier alpha value is -1.68. The molecule has 0 saturated carbocycles. The van der Waals surface area contributed by atoms with E-state index in [-0.39, 0.29) is 6.04 Å². The van der Waals surface area contributed by atoms with Crippen LogP contribution >= 0.6 is 0 Å². The summed E-state index contributed by atoms with van der Waals surface area (Å²) >= 11 is 0. The third-order valence-electron chi connectivity index (χ3n) is 2.46. The Morgan fingerprint density at radius 3 is 2.75 bits per heavy atom. The van der Waals surface area contributed by atoms with E-state index in [4.69, 9.17) is 10.3 Å². The number of nitrogens with two attached hydrogens (primary N) is 1. The van der Waals surface area contributed by atoms with E-state index < -0.39 is 0 Å². The molecule has 0 aliphatic rings. The summed E-state index contributed by atoms with van der Waals surface area (Å²) in [6, 6.07) is 9.84. The van der Waals surface area contributed by atoms with Gasteiger partial charge in [-0.3, -0.25) is 0 Å². The maximum absolute atomic E-state index is 5.83. The molecule has 0 unspecified atom stereocenters. The van der Waals surface area contributed by atoms with Crippen molar-refractivity contribution in [2.24, 2.45) is 5.73 Å². The van der Waals surface area contributed by atoms with Crippen molar-refractivity contribution in [1.82, 2.24) is 10.1 Å². The average molecular weight is 217 g/mol. The van der Waals surface area contributed by atoms with E-state index in [1.807, 2.05) is 37.3 Å². The van der Waals surface area contributed by atoms with Crippen molar-refractivity contribution in [1.29, 1.82) is 0 Å². The highest BCUT2D eigenvalue weighted by atomic mass is 16.5. The Morgan fingerprint density at radius 1 is 1.31 bits per heavy atom. The molecule has 0 spiro atoms. The van der Waals surface area contributed by atoms with Crippen LogP contribution in [0.4, 0.5) is 0 Å². The molecule has 0 aliphatic heterocycles. The Kier molecular flexibility index (Phi) is 3.31. The van der Waals surface area contributed by atoms with Crippen molar-refractivity contribution >= 4 is 0 Å². The van der Waals surface area contributed by atoms with Crippen molar-refractivity contribution in [3.63, 3.8) is 0 Å². The third-order valence-corrected chi connectivity index (χ3v) is 2.46. The summed E-state index contributed by atoms with van der Waals surface area (Å²) in [4.78, 5) is 4.31. The fraction of sp³-hybridized carbons (Fsp3) is 0.333. The smallest absolute Gasteiger partial charge is 0.228 e. The molecule has 1 atom stereocenters. The van der Waals surface area contributed by atoms with E-state index in [2.05, 4.69) is 10.1 Å². The molecule has 16 heavy (non-hydrogen) atoms. The first-order valence-electron chi connectivity index (χ1n) is 5.43. The molecule has 0 amide bonds. The summed E-state index contributed by atoms with van der Waals surface area (Å²) in [6.45, 7) is 2.04. The van der Waals surface area contributed by atoms with Gasteiger partial charge in [-0.25, -0.2) is 0 Å². The topological polar surface area (TPSA) is 64.9 Å². The van der Waals surface area contributed by atoms with Gasteiger partial charge in [0, 0.05) is 18.0 Å². The summed E-state index contributed by atoms with van der Waals surface area (Å²) in [7, 11) is 0. The molecule has 4 heteroatoms. The lowest BCUT2D eigenvalue weighted by atomic mass is 10.2. The molecular weight excluding hydrogens is 202 g/mol. The van der Waals surface area contributed by atoms with Crippen LogP contribution in [0.1, 0.15) is 19.2 Å². The standard InChI is InChI=1S/C12H15N3O/c1-2-10(13)8-11-14-12(15-16-11)9-6-4-3-5-7-9/h3-7,10H,2,8,13H2,1H3/t10-/m0/s1. The third kappa shape index (κ3) is 2.46. The van der Waals surface area contributed by atoms with Crippen molar-refractivity contribution in [3.8, 4) is 11.4 Å². The number of hydrogen-bond donors (Lipinski definition) is 1. The summed E-state index contributed by atoms with van der Waals surface area (Å²) in [6.07, 6.45) is 1.54. The van der Waals surface area contributed by atoms with Gasteiger partial charge < -0.3 is 10.3 Å². The van der Waals surface area contributed by atoms with Crippen molar-refractivity contribution in [2.45, 2.75) is 25.8 Å². The Bertz CT molecular complexity index is 439. The molecule has 4 nitrogen and oxygen atoms in total. The molecule has 1 aromatic heterocycles. The highest BCUT2D eigenvalue weighted by molar-refractivity contribution is 5.53. The zero-order valence-electron chi connectivity index (χ0n) is 9.26. The maximum atomic E-state index is 5.83. The first kappa shape index (κ1) is 10.8. The Morgan fingerprint density at radius 2 is 2.06 bits per heavy atom. The molecule has 1 aromatic carbocycles. The van der Waals surface area contributed by atoms with Gasteiger partial charge in [0.15, 0.2) is 0 Å². The van der Waals surface area contributed by atoms with Crippen LogP contribution in [0, 0.1) is 0 Å². The Labute approximate surface area is 94.5 Å². The minimum atomic E-state index is 0.0871. The van der Waals surface area contributed by atoms with Gasteiger partial charge in [0.05, 0.1) is 0 Å². The summed E-state index contributed by atoms with van der Waals surface area (Å²) in [5.41, 5.74) is 6.79. The van der Waals surface area contributed by atoms with Gasteiger partial charge in [-0.1, -0.05) is 42.4 Å². The van der Waals surface area contributed by atoms with E-state index in [1.54, 1.807) is 0 Å². The van der Waals surface area contributed by atoms with Gasteiger partial charge in [0.25, 0.3) is 0 Å². The average Bonchev–Trinajstić information content (AvgIpc) is 2.78. The first-order valence-corrected chi connectivity index (χ1v) is 5.43. The largest absolute Gasteiger partial charge is 0.339 e. The molecule has 2 aromatic rings. The molecule has 0 saturated heterocycles. The predicted octanol–water partition coefficient (Wildman–Crippen LogP) is 2.02. The van der Waals surface area contributed by atoms with Crippen LogP contribution in [0.3, 0.4) is 0 Å². The van der Waals surface area contributed by atoms with Gasteiger partial charge in [0.2, 0.25) is 11.7 Å². The fourth-order valence-corrected chi connectivity index (χ4v) is 1.41. The zero-order chi connectivity index (χ0) is 11.4. The predicted molar refractivity (Wildman–Crippen MR) is 61.7 cm³/mol. The molecule has 2 N–H and O–H groups in total. The number of hydrogen-bond acceptors (Lipinski definition) is 4. The van der Waals surface area contributed by atoms with Crippen LogP contribution < -0.4 is 5.73 Å². The SMILES string of the molecule is CC[C@H](N)Cc1nc(-c2ccccc2)no1. The van der Waals surface area contributed by atoms with Crippen LogP contribution in [0.25, 0.3) is 11.4 Å². The molecule has 0 aliphatic carbocycles. The van der Waals surface area contributed by atoms with Crippen LogP contribution in [0.2, 0.25) is 0 Å². The van der Waals surface area contributed by atoms with Crippen molar-refractivity contribution < 1.29 is 4.52 Å². The lowest BCUT2D eigenvalue weighted by Crippen LogP contribution is -2.21. The van der Waals surface area contributed by atoms with E-state index in [1.165, 1.54) is 0 Å². The highest BCUT2D eigenvalue weighted by Crippen LogP contribution is 2.15. The number of nitrogens with zero attached hydrogens (tertiary/aromatic N) is 2. The van der Waals surface area contributed by atoms with E-state index in [0.717, 1.165) is 12.0 Å². The molecule has 0 fully saturated rings. The number of benzene rings is 1. The summed E-state index contributed by atoms with van der Waals surface area (Å²) < 4.78 is 5.15. The van der Waals surface area contributed by atoms with E-state index in [0.29, 0.717) is 18.1 Å². The second-order valence-electron chi connectivity index (χ2n) is 3.75. The van der Waals surface area contributed by atoms with Gasteiger partial charge in [-0.05, 0) is 6.42 Å². The van der Waals surface area contributed by atoms with Crippen LogP contribution in [-0.4, -0.2) is 16.2 Å². The van der Waals surface area contributed by atoms with Crippen LogP contribution in [0.5, 0.6) is 0 Å². The van der Waals surface area contributed by atoms with Crippen molar-refractivity contribution in [2.75, 3.05) is 0 Å². The monoisotopic (exact) mass is 217 g/mol. The number of aromatic nitrogens is 2. The lowest BCUT2D eigenvalue weighted by Gasteiger charge is -2.02. The quantitative estimate of drug-likeness (QED) is 0.850. The molecule has 1 heterocycles. The van der Waals surface area contributed by atoms with Gasteiger partial charge >= 0.3 is 0 Å². The Balaban J connectivity index is 2.14. The molecular formula is C12H15N3O. The minimum absolute atomic E-state index is 0.0871. The van der Waals surface area contributed by atoms with Gasteiger partial charge in [0.1, 0.15) is 0 Å². The summed E-state index contributed by atoms with van der Waals surface area (Å²) in [5, 5.41) is 3.93. The molecule has 0 radical (unpaired) electrons. The van der Waals surface area contributed by atoms with Crippen LogP contribution in [-0.2, 0) is 6.42 Å². The normalized spacial score (nSPS) is 12.6. The van der Waals surface area contributed by atoms with Crippen LogP contribution in [0.15, 0.2) is 34.9 Å². The highest BCUT2D eigenvalue weighted by Gasteiger charge is 2.10. The zero-order valence-corrected chi connectivity index (χ0v) is 9.26. The lowest BCUT2D eigenvalue weighted by molar-refractivity contribution is 0.368. The van der Waals surface area contributed by atoms with E-state index >= 15 is 0 Å². The number of rotatable bonds is 4. The van der Waals surface area contributed by atoms with Crippen molar-refractivity contribution in [3.05, 3.63) is 36.2 Å². The molecule has 0 bridgehead atoms. The first-order chi connectivity index (χ1) is 7.79. The summed E-state index contributed by atoms with van der Waals surface area (Å²) in [5.74, 6) is 1.23. The fourth-order valence-electron chi connectivity index (χ4n) is 1.41.